The lowest BCUT2D eigenvalue weighted by Gasteiger charge is -2.53. The Kier molecular flexibility index (Phi) is 8.05. The van der Waals surface area contributed by atoms with E-state index in [1.807, 2.05) is 12.1 Å². The minimum atomic E-state index is 0.190. The van der Waals surface area contributed by atoms with Gasteiger partial charge in [-0.05, 0) is 125 Å². The molecule has 214 valence electrons. The summed E-state index contributed by atoms with van der Waals surface area (Å²) in [6, 6.07) is 16.2. The number of phenols is 1. The van der Waals surface area contributed by atoms with Gasteiger partial charge in [-0.25, -0.2) is 0 Å². The normalized spacial score (nSPS) is 18.2. The third kappa shape index (κ3) is 5.67. The van der Waals surface area contributed by atoms with Crippen LogP contribution in [0.15, 0.2) is 48.5 Å². The monoisotopic (exact) mass is 542 g/mol. The number of nitrogens with two attached hydrogens (primary N) is 1. The van der Waals surface area contributed by atoms with E-state index in [9.17, 15) is 5.11 Å². The SMILES string of the molecule is COc1ccc(-c2c(O)ccc3c2CCCC3)c(Cc2ccc(OCCN3C(C)(C)CCCC3(C)C)cc2)c1N. The Hall–Kier alpha value is -3.18. The Morgan fingerprint density at radius 3 is 2.27 bits per heavy atom. The molecule has 1 aliphatic heterocycles. The fourth-order valence-electron chi connectivity index (χ4n) is 7.17. The summed E-state index contributed by atoms with van der Waals surface area (Å²) in [6.07, 6.45) is 8.73. The average Bonchev–Trinajstić information content (AvgIpc) is 2.92. The highest BCUT2D eigenvalue weighted by Crippen LogP contribution is 2.44. The Morgan fingerprint density at radius 1 is 0.875 bits per heavy atom. The van der Waals surface area contributed by atoms with Crippen molar-refractivity contribution in [1.82, 2.24) is 4.90 Å². The summed E-state index contributed by atoms with van der Waals surface area (Å²) in [5.74, 6) is 1.85. The van der Waals surface area contributed by atoms with Crippen molar-refractivity contribution in [2.45, 2.75) is 90.1 Å². The molecule has 1 aliphatic carbocycles. The number of methoxy groups -OCH3 is 1. The van der Waals surface area contributed by atoms with E-state index in [2.05, 4.69) is 69.0 Å². The van der Waals surface area contributed by atoms with Crippen molar-refractivity contribution in [1.29, 1.82) is 0 Å². The molecule has 5 heteroatoms. The highest BCUT2D eigenvalue weighted by atomic mass is 16.5. The summed E-state index contributed by atoms with van der Waals surface area (Å²) in [6.45, 7) is 11.0. The second kappa shape index (κ2) is 11.4. The minimum absolute atomic E-state index is 0.190. The zero-order valence-electron chi connectivity index (χ0n) is 25.0. The van der Waals surface area contributed by atoms with Crippen molar-refractivity contribution in [3.63, 3.8) is 0 Å². The van der Waals surface area contributed by atoms with Gasteiger partial charge in [0.1, 0.15) is 23.9 Å². The molecule has 5 rings (SSSR count). The number of piperidine rings is 1. The molecule has 1 saturated heterocycles. The van der Waals surface area contributed by atoms with E-state index in [1.54, 1.807) is 7.11 Å². The summed E-state index contributed by atoms with van der Waals surface area (Å²) in [7, 11) is 1.65. The van der Waals surface area contributed by atoms with E-state index in [0.717, 1.165) is 53.8 Å². The molecule has 0 radical (unpaired) electrons. The van der Waals surface area contributed by atoms with Crippen molar-refractivity contribution >= 4 is 5.69 Å². The second-order valence-electron chi connectivity index (χ2n) is 12.8. The van der Waals surface area contributed by atoms with Gasteiger partial charge in [0.2, 0.25) is 0 Å². The van der Waals surface area contributed by atoms with Crippen LogP contribution in [0.25, 0.3) is 11.1 Å². The Balaban J connectivity index is 1.36. The molecule has 0 aromatic heterocycles. The number of fused-ring (bicyclic) bond motifs is 1. The molecule has 40 heavy (non-hydrogen) atoms. The number of rotatable bonds is 8. The predicted octanol–water partition coefficient (Wildman–Crippen LogP) is 7.54. The number of hydrogen-bond donors (Lipinski definition) is 2. The van der Waals surface area contributed by atoms with Gasteiger partial charge in [-0.1, -0.05) is 24.3 Å². The first-order chi connectivity index (χ1) is 19.1. The summed E-state index contributed by atoms with van der Waals surface area (Å²) in [5, 5.41) is 11.0. The quantitative estimate of drug-likeness (QED) is 0.288. The van der Waals surface area contributed by atoms with Gasteiger partial charge in [-0.3, -0.25) is 4.90 Å². The molecule has 0 atom stereocenters. The maximum absolute atomic E-state index is 11.0. The van der Waals surface area contributed by atoms with Crippen molar-refractivity contribution in [3.8, 4) is 28.4 Å². The zero-order chi connectivity index (χ0) is 28.5. The maximum Gasteiger partial charge on any atom is 0.142 e. The smallest absolute Gasteiger partial charge is 0.142 e. The van der Waals surface area contributed by atoms with Gasteiger partial charge in [0, 0.05) is 29.6 Å². The van der Waals surface area contributed by atoms with Crippen LogP contribution in [0.4, 0.5) is 5.69 Å². The van der Waals surface area contributed by atoms with E-state index in [1.165, 1.54) is 36.8 Å². The minimum Gasteiger partial charge on any atom is -0.507 e. The summed E-state index contributed by atoms with van der Waals surface area (Å²) < 4.78 is 11.8. The lowest BCUT2D eigenvalue weighted by molar-refractivity contribution is -0.0340. The van der Waals surface area contributed by atoms with Gasteiger partial charge in [0.25, 0.3) is 0 Å². The number of benzene rings is 3. The van der Waals surface area contributed by atoms with Crippen LogP contribution >= 0.6 is 0 Å². The number of anilines is 1. The van der Waals surface area contributed by atoms with Crippen LogP contribution in [-0.4, -0.2) is 41.3 Å². The molecule has 3 aromatic carbocycles. The van der Waals surface area contributed by atoms with Gasteiger partial charge >= 0.3 is 0 Å². The molecule has 0 bridgehead atoms. The first-order valence-corrected chi connectivity index (χ1v) is 14.9. The standard InChI is InChI=1S/C35H46N2O3/c1-34(2)19-8-20-35(3,4)37(34)21-22-40-26-14-11-24(12-15-26)23-29-28(16-18-31(39-5)33(29)36)32-27-10-7-6-9-25(27)13-17-30(32)38/h11-18,38H,6-10,19-23,36H2,1-5H3. The van der Waals surface area contributed by atoms with E-state index in [-0.39, 0.29) is 11.1 Å². The largest absolute Gasteiger partial charge is 0.507 e. The summed E-state index contributed by atoms with van der Waals surface area (Å²) in [4.78, 5) is 2.61. The Morgan fingerprint density at radius 2 is 1.57 bits per heavy atom. The molecule has 0 spiro atoms. The highest BCUT2D eigenvalue weighted by molar-refractivity contribution is 5.83. The number of ether oxygens (including phenoxy) is 2. The number of nitrogen functional groups attached to an aromatic ring is 1. The lowest BCUT2D eigenvalue weighted by atomic mass is 9.80. The number of aromatic hydroxyl groups is 1. The van der Waals surface area contributed by atoms with Crippen LogP contribution in [0, 0.1) is 0 Å². The molecule has 5 nitrogen and oxygen atoms in total. The van der Waals surface area contributed by atoms with Crippen molar-refractivity contribution < 1.29 is 14.6 Å². The molecule has 2 aliphatic rings. The van der Waals surface area contributed by atoms with Crippen molar-refractivity contribution in [2.75, 3.05) is 26.0 Å². The van der Waals surface area contributed by atoms with Crippen LogP contribution in [0.2, 0.25) is 0 Å². The van der Waals surface area contributed by atoms with Crippen LogP contribution in [0.1, 0.15) is 82.1 Å². The fraction of sp³-hybridized carbons (Fsp3) is 0.486. The van der Waals surface area contributed by atoms with Crippen LogP contribution < -0.4 is 15.2 Å². The molecule has 3 aromatic rings. The van der Waals surface area contributed by atoms with E-state index in [4.69, 9.17) is 15.2 Å². The summed E-state index contributed by atoms with van der Waals surface area (Å²) in [5.41, 5.74) is 14.3. The fourth-order valence-corrected chi connectivity index (χ4v) is 7.17. The van der Waals surface area contributed by atoms with Crippen molar-refractivity contribution in [2.24, 2.45) is 0 Å². The molecule has 1 fully saturated rings. The highest BCUT2D eigenvalue weighted by Gasteiger charge is 2.40. The van der Waals surface area contributed by atoms with Crippen LogP contribution in [0.3, 0.4) is 0 Å². The number of aryl methyl sites for hydroxylation is 1. The number of nitrogens with zero attached hydrogens (tertiary/aromatic N) is 1. The van der Waals surface area contributed by atoms with E-state index < -0.39 is 0 Å². The van der Waals surface area contributed by atoms with Crippen molar-refractivity contribution in [3.05, 3.63) is 70.8 Å². The predicted molar refractivity (Wildman–Crippen MR) is 165 cm³/mol. The topological polar surface area (TPSA) is 68.0 Å². The second-order valence-corrected chi connectivity index (χ2v) is 12.8. The first kappa shape index (κ1) is 28.4. The molecule has 3 N–H and O–H groups in total. The summed E-state index contributed by atoms with van der Waals surface area (Å²) >= 11 is 0. The molecule has 0 unspecified atom stereocenters. The zero-order valence-corrected chi connectivity index (χ0v) is 25.0. The third-order valence-electron chi connectivity index (χ3n) is 9.24. The van der Waals surface area contributed by atoms with Gasteiger partial charge in [-0.15, -0.1) is 0 Å². The first-order valence-electron chi connectivity index (χ1n) is 14.9. The van der Waals surface area contributed by atoms with Gasteiger partial charge < -0.3 is 20.3 Å². The van der Waals surface area contributed by atoms with Gasteiger partial charge in [-0.2, -0.15) is 0 Å². The van der Waals surface area contributed by atoms with Gasteiger partial charge in [0.15, 0.2) is 0 Å². The van der Waals surface area contributed by atoms with Crippen LogP contribution in [-0.2, 0) is 19.3 Å². The van der Waals surface area contributed by atoms with E-state index >= 15 is 0 Å². The van der Waals surface area contributed by atoms with Gasteiger partial charge in [0.05, 0.1) is 12.8 Å². The third-order valence-corrected chi connectivity index (χ3v) is 9.24. The number of hydrogen-bond acceptors (Lipinski definition) is 5. The molecule has 1 heterocycles. The Bertz CT molecular complexity index is 1330. The lowest BCUT2D eigenvalue weighted by Crippen LogP contribution is -2.59. The average molecular weight is 543 g/mol. The van der Waals surface area contributed by atoms with Crippen LogP contribution in [0.5, 0.6) is 17.2 Å². The molecular weight excluding hydrogens is 496 g/mol. The maximum atomic E-state index is 11.0. The van der Waals surface area contributed by atoms with E-state index in [0.29, 0.717) is 30.2 Å². The molecular formula is C35H46N2O3. The number of phenolic OH excluding ortho intramolecular Hbond substituents is 1. The molecule has 0 amide bonds. The number of likely N-dealkylation sites (tertiary alicyclic amines) is 1. The molecule has 0 saturated carbocycles. The Labute approximate surface area is 240 Å².